The fraction of sp³-hybridized carbons (Fsp3) is 0.538. The molecule has 2 heteroatoms. The summed E-state index contributed by atoms with van der Waals surface area (Å²) in [6, 6.07) is 8.77. The lowest BCUT2D eigenvalue weighted by Crippen LogP contribution is -1.87. The van der Waals surface area contributed by atoms with Gasteiger partial charge in [-0.1, -0.05) is 31.4 Å². The molecule has 0 bridgehead atoms. The third-order valence-electron chi connectivity index (χ3n) is 2.54. The summed E-state index contributed by atoms with van der Waals surface area (Å²) < 4.78 is 1.30. The number of unbranched alkanes of at least 4 members (excludes halogenated alkanes) is 4. The van der Waals surface area contributed by atoms with Gasteiger partial charge in [-0.2, -0.15) is 0 Å². The molecule has 0 saturated carbocycles. The van der Waals surface area contributed by atoms with E-state index in [9.17, 15) is 0 Å². The fourth-order valence-electron chi connectivity index (χ4n) is 1.62. The first kappa shape index (κ1) is 13.0. The normalized spacial score (nSPS) is 10.5. The minimum Gasteiger partial charge on any atom is -0.396 e. The van der Waals surface area contributed by atoms with Crippen LogP contribution in [0.1, 0.15) is 37.7 Å². The van der Waals surface area contributed by atoms with E-state index in [-0.39, 0.29) is 0 Å². The zero-order valence-electron chi connectivity index (χ0n) is 9.08. The molecule has 1 rings (SSSR count). The smallest absolute Gasteiger partial charge is 0.0431 e. The Labute approximate surface area is 106 Å². The Balaban J connectivity index is 2.07. The first-order valence-corrected chi connectivity index (χ1v) is 6.76. The molecule has 0 aliphatic heterocycles. The molecule has 1 N–H and O–H groups in total. The van der Waals surface area contributed by atoms with Gasteiger partial charge >= 0.3 is 0 Å². The SMILES string of the molecule is OCCCCCCCc1ccc(I)cc1. The summed E-state index contributed by atoms with van der Waals surface area (Å²) >= 11 is 2.33. The van der Waals surface area contributed by atoms with E-state index in [1.807, 2.05) is 0 Å². The van der Waals surface area contributed by atoms with E-state index in [0.717, 1.165) is 6.42 Å². The van der Waals surface area contributed by atoms with Crippen molar-refractivity contribution in [2.75, 3.05) is 6.61 Å². The third-order valence-corrected chi connectivity index (χ3v) is 3.26. The third kappa shape index (κ3) is 6.15. The molecule has 0 radical (unpaired) electrons. The second-order valence-corrected chi connectivity index (χ2v) is 5.11. The van der Waals surface area contributed by atoms with Crippen molar-refractivity contribution >= 4 is 22.6 Å². The lowest BCUT2D eigenvalue weighted by atomic mass is 10.1. The number of hydrogen-bond acceptors (Lipinski definition) is 1. The molecule has 0 heterocycles. The molecule has 0 unspecified atom stereocenters. The molecule has 0 aliphatic carbocycles. The lowest BCUT2D eigenvalue weighted by molar-refractivity contribution is 0.282. The van der Waals surface area contributed by atoms with Gasteiger partial charge in [-0.15, -0.1) is 0 Å². The quantitative estimate of drug-likeness (QED) is 0.599. The van der Waals surface area contributed by atoms with Crippen molar-refractivity contribution in [3.63, 3.8) is 0 Å². The van der Waals surface area contributed by atoms with Crippen LogP contribution < -0.4 is 0 Å². The van der Waals surface area contributed by atoms with E-state index in [0.29, 0.717) is 6.61 Å². The Morgan fingerprint density at radius 1 is 0.867 bits per heavy atom. The van der Waals surface area contributed by atoms with Gasteiger partial charge in [0.15, 0.2) is 0 Å². The minimum absolute atomic E-state index is 0.344. The van der Waals surface area contributed by atoms with Crippen molar-refractivity contribution in [1.82, 2.24) is 0 Å². The van der Waals surface area contributed by atoms with Gasteiger partial charge in [-0.3, -0.25) is 0 Å². The number of rotatable bonds is 7. The zero-order valence-corrected chi connectivity index (χ0v) is 11.2. The van der Waals surface area contributed by atoms with Crippen molar-refractivity contribution in [3.05, 3.63) is 33.4 Å². The van der Waals surface area contributed by atoms with Gasteiger partial charge in [0.05, 0.1) is 0 Å². The van der Waals surface area contributed by atoms with Crippen LogP contribution in [-0.2, 0) is 6.42 Å². The predicted octanol–water partition coefficient (Wildman–Crippen LogP) is 3.78. The summed E-state index contributed by atoms with van der Waals surface area (Å²) in [6.07, 6.45) is 7.13. The highest BCUT2D eigenvalue weighted by atomic mass is 127. The number of aliphatic hydroxyl groups is 1. The average Bonchev–Trinajstić information content (AvgIpc) is 2.26. The molecule has 1 aromatic rings. The number of benzene rings is 1. The maximum Gasteiger partial charge on any atom is 0.0431 e. The summed E-state index contributed by atoms with van der Waals surface area (Å²) in [5.41, 5.74) is 1.44. The van der Waals surface area contributed by atoms with Crippen LogP contribution in [0.5, 0.6) is 0 Å². The Hall–Kier alpha value is -0.0900. The molecule has 0 aromatic heterocycles. The Morgan fingerprint density at radius 3 is 2.13 bits per heavy atom. The molecule has 15 heavy (non-hydrogen) atoms. The van der Waals surface area contributed by atoms with Crippen LogP contribution in [-0.4, -0.2) is 11.7 Å². The van der Waals surface area contributed by atoms with Crippen LogP contribution in [0.15, 0.2) is 24.3 Å². The second kappa shape index (κ2) is 8.11. The van der Waals surface area contributed by atoms with Gasteiger partial charge in [0.2, 0.25) is 0 Å². The van der Waals surface area contributed by atoms with Crippen LogP contribution >= 0.6 is 22.6 Å². The molecule has 0 atom stereocenters. The molecule has 0 amide bonds. The first-order chi connectivity index (χ1) is 7.33. The van der Waals surface area contributed by atoms with E-state index in [2.05, 4.69) is 46.9 Å². The molecule has 0 fully saturated rings. The van der Waals surface area contributed by atoms with Crippen molar-refractivity contribution in [2.45, 2.75) is 38.5 Å². The van der Waals surface area contributed by atoms with Gasteiger partial charge in [-0.05, 0) is 59.5 Å². The molecule has 0 saturated heterocycles. The summed E-state index contributed by atoms with van der Waals surface area (Å²) in [5.74, 6) is 0. The van der Waals surface area contributed by atoms with Crippen molar-refractivity contribution < 1.29 is 5.11 Å². The number of aliphatic hydroxyl groups excluding tert-OH is 1. The number of hydrogen-bond donors (Lipinski definition) is 1. The van der Waals surface area contributed by atoms with E-state index >= 15 is 0 Å². The van der Waals surface area contributed by atoms with E-state index < -0.39 is 0 Å². The molecule has 0 aliphatic rings. The van der Waals surface area contributed by atoms with Gasteiger partial charge < -0.3 is 5.11 Å². The molecular weight excluding hydrogens is 299 g/mol. The van der Waals surface area contributed by atoms with Crippen molar-refractivity contribution in [3.8, 4) is 0 Å². The highest BCUT2D eigenvalue weighted by molar-refractivity contribution is 14.1. The fourth-order valence-corrected chi connectivity index (χ4v) is 1.98. The molecule has 1 nitrogen and oxygen atoms in total. The Kier molecular flexibility index (Phi) is 7.01. The average molecular weight is 318 g/mol. The standard InChI is InChI=1S/C13H19IO/c14-13-9-7-12(8-10-13)6-4-2-1-3-5-11-15/h7-10,15H,1-6,11H2. The minimum atomic E-state index is 0.344. The highest BCUT2D eigenvalue weighted by Crippen LogP contribution is 2.11. The summed E-state index contributed by atoms with van der Waals surface area (Å²) in [6.45, 7) is 0.344. The van der Waals surface area contributed by atoms with Crippen LogP contribution in [0.4, 0.5) is 0 Å². The van der Waals surface area contributed by atoms with E-state index in [1.165, 1.54) is 41.2 Å². The van der Waals surface area contributed by atoms with Gasteiger partial charge in [0.1, 0.15) is 0 Å². The van der Waals surface area contributed by atoms with Crippen LogP contribution in [0.25, 0.3) is 0 Å². The molecule has 0 spiro atoms. The van der Waals surface area contributed by atoms with E-state index in [4.69, 9.17) is 5.11 Å². The number of halogens is 1. The maximum absolute atomic E-state index is 8.63. The number of aryl methyl sites for hydroxylation is 1. The lowest BCUT2D eigenvalue weighted by Gasteiger charge is -2.02. The van der Waals surface area contributed by atoms with Crippen molar-refractivity contribution in [2.24, 2.45) is 0 Å². The summed E-state index contributed by atoms with van der Waals surface area (Å²) in [5, 5.41) is 8.63. The zero-order chi connectivity index (χ0) is 10.9. The van der Waals surface area contributed by atoms with Crippen LogP contribution in [0.3, 0.4) is 0 Å². The van der Waals surface area contributed by atoms with Crippen LogP contribution in [0, 0.1) is 3.57 Å². The summed E-state index contributed by atoms with van der Waals surface area (Å²) in [7, 11) is 0. The topological polar surface area (TPSA) is 20.2 Å². The van der Waals surface area contributed by atoms with Gasteiger partial charge in [-0.25, -0.2) is 0 Å². The van der Waals surface area contributed by atoms with E-state index in [1.54, 1.807) is 0 Å². The molecule has 84 valence electrons. The monoisotopic (exact) mass is 318 g/mol. The first-order valence-electron chi connectivity index (χ1n) is 5.68. The van der Waals surface area contributed by atoms with Crippen LogP contribution in [0.2, 0.25) is 0 Å². The highest BCUT2D eigenvalue weighted by Gasteiger charge is 1.94. The van der Waals surface area contributed by atoms with Gasteiger partial charge in [0.25, 0.3) is 0 Å². The van der Waals surface area contributed by atoms with Crippen molar-refractivity contribution in [1.29, 1.82) is 0 Å². The predicted molar refractivity (Wildman–Crippen MR) is 73.0 cm³/mol. The Morgan fingerprint density at radius 2 is 1.47 bits per heavy atom. The summed E-state index contributed by atoms with van der Waals surface area (Å²) in [4.78, 5) is 0. The largest absolute Gasteiger partial charge is 0.396 e. The molecule has 1 aromatic carbocycles. The second-order valence-electron chi connectivity index (χ2n) is 3.87. The van der Waals surface area contributed by atoms with Gasteiger partial charge in [0, 0.05) is 10.2 Å². The molecular formula is C13H19IO. The maximum atomic E-state index is 8.63. The Bertz CT molecular complexity index is 256.